The molecule has 0 spiro atoms. The molecule has 0 aliphatic carbocycles. The average Bonchev–Trinajstić information content (AvgIpc) is 2.40. The van der Waals surface area contributed by atoms with Gasteiger partial charge >= 0.3 is 0 Å². The van der Waals surface area contributed by atoms with Crippen LogP contribution in [0.1, 0.15) is 24.2 Å². The highest BCUT2D eigenvalue weighted by Gasteiger charge is 2.22. The van der Waals surface area contributed by atoms with Crippen molar-refractivity contribution in [3.63, 3.8) is 0 Å². The Kier molecular flexibility index (Phi) is 6.63. The predicted molar refractivity (Wildman–Crippen MR) is 73.0 cm³/mol. The van der Waals surface area contributed by atoms with Gasteiger partial charge in [-0.25, -0.2) is 4.39 Å². The topological polar surface area (TPSA) is 66.5 Å². The van der Waals surface area contributed by atoms with Crippen LogP contribution in [0.4, 0.5) is 4.39 Å². The van der Waals surface area contributed by atoms with E-state index in [1.54, 1.807) is 18.2 Å². The van der Waals surface area contributed by atoms with Gasteiger partial charge in [-0.2, -0.15) is 0 Å². The second-order valence-corrected chi connectivity index (χ2v) is 5.36. The first-order valence-electron chi connectivity index (χ1n) is 6.00. The molecule has 0 saturated heterocycles. The highest BCUT2D eigenvalue weighted by molar-refractivity contribution is 7.99. The van der Waals surface area contributed by atoms with Crippen molar-refractivity contribution < 1.29 is 14.6 Å². The van der Waals surface area contributed by atoms with Crippen molar-refractivity contribution in [2.75, 3.05) is 12.4 Å². The van der Waals surface area contributed by atoms with Gasteiger partial charge in [-0.3, -0.25) is 0 Å². The summed E-state index contributed by atoms with van der Waals surface area (Å²) in [6.07, 6.45) is -0.0744. The van der Waals surface area contributed by atoms with Crippen LogP contribution in [0, 0.1) is 5.82 Å². The standard InChI is InChI=1S/C13H20FNO2S/c1-2-12(15)13(18-8-9(17)7-16)10-5-3-4-6-11(10)14/h3-6,9,12-13,16-17H,2,7-8,15H2,1H3. The summed E-state index contributed by atoms with van der Waals surface area (Å²) < 4.78 is 13.8. The number of aliphatic hydroxyl groups is 2. The van der Waals surface area contributed by atoms with E-state index in [1.807, 2.05) is 6.92 Å². The first-order chi connectivity index (χ1) is 8.60. The van der Waals surface area contributed by atoms with E-state index >= 15 is 0 Å². The number of aliphatic hydroxyl groups excluding tert-OH is 2. The first-order valence-corrected chi connectivity index (χ1v) is 7.05. The van der Waals surface area contributed by atoms with Gasteiger partial charge in [0.05, 0.1) is 12.7 Å². The number of hydrogen-bond acceptors (Lipinski definition) is 4. The lowest BCUT2D eigenvalue weighted by molar-refractivity contribution is 0.113. The lowest BCUT2D eigenvalue weighted by atomic mass is 10.0. The molecule has 0 aliphatic heterocycles. The molecule has 0 aliphatic rings. The first kappa shape index (κ1) is 15.4. The van der Waals surface area contributed by atoms with Crippen molar-refractivity contribution in [2.24, 2.45) is 5.73 Å². The number of benzene rings is 1. The maximum Gasteiger partial charge on any atom is 0.127 e. The monoisotopic (exact) mass is 273 g/mol. The second kappa shape index (κ2) is 7.74. The smallest absolute Gasteiger partial charge is 0.127 e. The third-order valence-electron chi connectivity index (χ3n) is 2.75. The van der Waals surface area contributed by atoms with Crippen LogP contribution < -0.4 is 5.73 Å². The summed E-state index contributed by atoms with van der Waals surface area (Å²) in [5, 5.41) is 18.0. The van der Waals surface area contributed by atoms with E-state index in [1.165, 1.54) is 17.8 Å². The van der Waals surface area contributed by atoms with Crippen molar-refractivity contribution >= 4 is 11.8 Å². The van der Waals surface area contributed by atoms with E-state index < -0.39 is 6.10 Å². The minimum absolute atomic E-state index is 0.183. The number of nitrogens with two attached hydrogens (primary N) is 1. The van der Waals surface area contributed by atoms with Gasteiger partial charge in [0.2, 0.25) is 0 Å². The molecule has 0 saturated carbocycles. The lowest BCUT2D eigenvalue weighted by Gasteiger charge is -2.24. The molecule has 1 aromatic carbocycles. The largest absolute Gasteiger partial charge is 0.394 e. The third-order valence-corrected chi connectivity index (χ3v) is 4.29. The van der Waals surface area contributed by atoms with Crippen LogP contribution in [-0.2, 0) is 0 Å². The van der Waals surface area contributed by atoms with E-state index in [0.29, 0.717) is 11.3 Å². The summed E-state index contributed by atoms with van der Waals surface area (Å²) in [4.78, 5) is 0. The Morgan fingerprint density at radius 3 is 2.61 bits per heavy atom. The Labute approximate surface area is 111 Å². The average molecular weight is 273 g/mol. The van der Waals surface area contributed by atoms with Gasteiger partial charge < -0.3 is 15.9 Å². The number of thioether (sulfide) groups is 1. The summed E-state index contributed by atoms with van der Waals surface area (Å²) in [5.41, 5.74) is 6.57. The number of halogens is 1. The van der Waals surface area contributed by atoms with Gasteiger partial charge in [-0.1, -0.05) is 25.1 Å². The van der Waals surface area contributed by atoms with E-state index in [2.05, 4.69) is 0 Å². The molecule has 1 rings (SSSR count). The van der Waals surface area contributed by atoms with Gasteiger partial charge in [0.25, 0.3) is 0 Å². The van der Waals surface area contributed by atoms with Crippen molar-refractivity contribution in [1.29, 1.82) is 0 Å². The van der Waals surface area contributed by atoms with Crippen molar-refractivity contribution in [3.8, 4) is 0 Å². The van der Waals surface area contributed by atoms with Gasteiger partial charge in [0.15, 0.2) is 0 Å². The molecule has 0 heterocycles. The molecular formula is C13H20FNO2S. The fourth-order valence-corrected chi connectivity index (χ4v) is 2.98. The third kappa shape index (κ3) is 4.24. The maximum absolute atomic E-state index is 13.8. The summed E-state index contributed by atoms with van der Waals surface area (Å²) in [5.74, 6) is 0.0563. The maximum atomic E-state index is 13.8. The number of hydrogen-bond donors (Lipinski definition) is 3. The molecule has 0 fully saturated rings. The summed E-state index contributed by atoms with van der Waals surface area (Å²) in [6, 6.07) is 6.36. The Morgan fingerprint density at radius 2 is 2.06 bits per heavy atom. The zero-order chi connectivity index (χ0) is 13.5. The number of rotatable bonds is 7. The van der Waals surface area contributed by atoms with Crippen LogP contribution in [0.25, 0.3) is 0 Å². The quantitative estimate of drug-likeness (QED) is 0.707. The van der Waals surface area contributed by atoms with Crippen molar-refractivity contribution in [3.05, 3.63) is 35.6 Å². The minimum atomic E-state index is -0.798. The van der Waals surface area contributed by atoms with Gasteiger partial charge in [0.1, 0.15) is 5.82 Å². The van der Waals surface area contributed by atoms with Crippen LogP contribution in [0.15, 0.2) is 24.3 Å². The highest BCUT2D eigenvalue weighted by Crippen LogP contribution is 2.34. The van der Waals surface area contributed by atoms with Crippen LogP contribution in [0.2, 0.25) is 0 Å². The van der Waals surface area contributed by atoms with Crippen LogP contribution >= 0.6 is 11.8 Å². The minimum Gasteiger partial charge on any atom is -0.394 e. The van der Waals surface area contributed by atoms with E-state index in [-0.39, 0.29) is 23.7 Å². The highest BCUT2D eigenvalue weighted by atomic mass is 32.2. The Morgan fingerprint density at radius 1 is 1.39 bits per heavy atom. The predicted octanol–water partition coefficient (Wildman–Crippen LogP) is 1.69. The van der Waals surface area contributed by atoms with Crippen molar-refractivity contribution in [2.45, 2.75) is 30.7 Å². The van der Waals surface area contributed by atoms with Gasteiger partial charge in [-0.05, 0) is 12.5 Å². The molecule has 102 valence electrons. The zero-order valence-electron chi connectivity index (χ0n) is 10.4. The summed E-state index contributed by atoms with van der Waals surface area (Å²) in [7, 11) is 0. The molecule has 0 aromatic heterocycles. The van der Waals surface area contributed by atoms with Crippen molar-refractivity contribution in [1.82, 2.24) is 0 Å². The molecule has 5 heteroatoms. The van der Waals surface area contributed by atoms with E-state index in [4.69, 9.17) is 10.8 Å². The Hall–Kier alpha value is -0.620. The Bertz CT molecular complexity index is 365. The van der Waals surface area contributed by atoms with Gasteiger partial charge in [0, 0.05) is 22.6 Å². The molecule has 3 unspecified atom stereocenters. The normalized spacial score (nSPS) is 16.3. The van der Waals surface area contributed by atoms with E-state index in [9.17, 15) is 9.50 Å². The molecular weight excluding hydrogens is 253 g/mol. The summed E-state index contributed by atoms with van der Waals surface area (Å²) in [6.45, 7) is 1.65. The lowest BCUT2D eigenvalue weighted by Crippen LogP contribution is -2.28. The molecule has 3 atom stereocenters. The second-order valence-electron chi connectivity index (χ2n) is 4.18. The molecule has 0 amide bonds. The van der Waals surface area contributed by atoms with Gasteiger partial charge in [-0.15, -0.1) is 11.8 Å². The molecule has 1 aromatic rings. The SMILES string of the molecule is CCC(N)C(SCC(O)CO)c1ccccc1F. The van der Waals surface area contributed by atoms with Crippen LogP contribution in [0.5, 0.6) is 0 Å². The Balaban J connectivity index is 2.82. The van der Waals surface area contributed by atoms with E-state index in [0.717, 1.165) is 6.42 Å². The fourth-order valence-electron chi connectivity index (χ4n) is 1.63. The zero-order valence-corrected chi connectivity index (χ0v) is 11.2. The molecule has 18 heavy (non-hydrogen) atoms. The fraction of sp³-hybridized carbons (Fsp3) is 0.538. The molecule has 4 N–H and O–H groups in total. The summed E-state index contributed by atoms with van der Waals surface area (Å²) >= 11 is 1.38. The molecule has 3 nitrogen and oxygen atoms in total. The molecule has 0 bridgehead atoms. The van der Waals surface area contributed by atoms with Crippen LogP contribution in [-0.4, -0.2) is 34.7 Å². The molecule has 0 radical (unpaired) electrons. The van der Waals surface area contributed by atoms with Crippen LogP contribution in [0.3, 0.4) is 0 Å².